The van der Waals surface area contributed by atoms with Gasteiger partial charge in [0.1, 0.15) is 11.5 Å². The zero-order valence-corrected chi connectivity index (χ0v) is 16.4. The number of hydrogen-bond donors (Lipinski definition) is 3. The van der Waals surface area contributed by atoms with E-state index in [9.17, 15) is 19.1 Å². The van der Waals surface area contributed by atoms with Crippen molar-refractivity contribution in [1.29, 1.82) is 0 Å². The molecule has 1 aliphatic rings. The molecule has 1 aromatic carbocycles. The van der Waals surface area contributed by atoms with E-state index in [1.54, 1.807) is 23.2 Å². The Kier molecular flexibility index (Phi) is 6.79. The van der Waals surface area contributed by atoms with Crippen LogP contribution in [0.5, 0.6) is 0 Å². The number of halogens is 1. The zero-order chi connectivity index (χ0) is 21.7. The van der Waals surface area contributed by atoms with E-state index in [1.807, 2.05) is 0 Å². The van der Waals surface area contributed by atoms with Crippen LogP contribution < -0.4 is 10.2 Å². The number of alkyl carbamates (subject to hydrolysis) is 1. The Morgan fingerprint density at radius 3 is 2.67 bits per heavy atom. The van der Waals surface area contributed by atoms with Crippen LogP contribution in [0, 0.1) is 5.82 Å². The van der Waals surface area contributed by atoms with Gasteiger partial charge in [0, 0.05) is 32.2 Å². The Balaban J connectivity index is 1.63. The van der Waals surface area contributed by atoms with Crippen LogP contribution >= 0.6 is 0 Å². The van der Waals surface area contributed by atoms with E-state index >= 15 is 0 Å². The molecule has 1 aliphatic heterocycles. The topological polar surface area (TPSA) is 133 Å². The summed E-state index contributed by atoms with van der Waals surface area (Å²) in [7, 11) is 1.26. The summed E-state index contributed by atoms with van der Waals surface area (Å²) in [5, 5.41) is 28.7. The Bertz CT molecular complexity index is 899. The van der Waals surface area contributed by atoms with Crippen molar-refractivity contribution in [2.75, 3.05) is 44.8 Å². The number of rotatable bonds is 6. The number of carbonyl (C=O) groups is 2. The number of benzene rings is 1. The largest absolute Gasteiger partial charge is 0.453 e. The molecule has 3 rings (SSSR count). The van der Waals surface area contributed by atoms with Crippen molar-refractivity contribution >= 4 is 17.7 Å². The number of anilines is 1. The second-order valence-electron chi connectivity index (χ2n) is 6.65. The molecule has 1 aromatic heterocycles. The van der Waals surface area contributed by atoms with E-state index in [4.69, 9.17) is 5.11 Å². The first-order valence-electron chi connectivity index (χ1n) is 9.28. The maximum absolute atomic E-state index is 14.7. The summed E-state index contributed by atoms with van der Waals surface area (Å²) in [5.74, 6) is -0.982. The van der Waals surface area contributed by atoms with E-state index in [1.165, 1.54) is 22.8 Å². The van der Waals surface area contributed by atoms with Gasteiger partial charge in [0.25, 0.3) is 5.91 Å². The van der Waals surface area contributed by atoms with Gasteiger partial charge in [0.15, 0.2) is 6.10 Å². The number of amides is 2. The van der Waals surface area contributed by atoms with Crippen LogP contribution in [0.15, 0.2) is 24.4 Å². The van der Waals surface area contributed by atoms with Gasteiger partial charge in [-0.2, -0.15) is 0 Å². The molecule has 12 heteroatoms. The SMILES string of the molecule is COC(=O)NCc1cn(-c2ccc(N3CCN(C(=O)C(O)CO)CC3)c(F)c2)nn1. The first-order chi connectivity index (χ1) is 14.4. The molecule has 1 saturated heterocycles. The van der Waals surface area contributed by atoms with Crippen molar-refractivity contribution in [3.8, 4) is 5.69 Å². The van der Waals surface area contributed by atoms with Crippen LogP contribution in [0.1, 0.15) is 5.69 Å². The highest BCUT2D eigenvalue weighted by atomic mass is 19.1. The molecule has 1 atom stereocenters. The molecule has 30 heavy (non-hydrogen) atoms. The fourth-order valence-corrected chi connectivity index (χ4v) is 3.09. The summed E-state index contributed by atoms with van der Waals surface area (Å²) in [4.78, 5) is 26.3. The zero-order valence-electron chi connectivity index (χ0n) is 16.4. The van der Waals surface area contributed by atoms with Crippen molar-refractivity contribution < 1.29 is 28.9 Å². The lowest BCUT2D eigenvalue weighted by atomic mass is 10.2. The molecule has 0 saturated carbocycles. The fourth-order valence-electron chi connectivity index (χ4n) is 3.09. The third-order valence-corrected chi connectivity index (χ3v) is 4.73. The molecule has 0 radical (unpaired) electrons. The highest BCUT2D eigenvalue weighted by Crippen LogP contribution is 2.23. The van der Waals surface area contributed by atoms with Crippen LogP contribution in [0.25, 0.3) is 5.69 Å². The number of hydrogen-bond acceptors (Lipinski definition) is 8. The van der Waals surface area contributed by atoms with Crippen molar-refractivity contribution in [3.05, 3.63) is 35.9 Å². The van der Waals surface area contributed by atoms with Crippen LogP contribution in [0.4, 0.5) is 14.9 Å². The monoisotopic (exact) mass is 422 g/mol. The van der Waals surface area contributed by atoms with Gasteiger partial charge in [-0.25, -0.2) is 13.9 Å². The van der Waals surface area contributed by atoms with Gasteiger partial charge in [0.05, 0.1) is 37.8 Å². The summed E-state index contributed by atoms with van der Waals surface area (Å²) in [5.41, 5.74) is 1.34. The van der Waals surface area contributed by atoms with Crippen molar-refractivity contribution in [3.63, 3.8) is 0 Å². The molecule has 2 aromatic rings. The minimum absolute atomic E-state index is 0.126. The number of methoxy groups -OCH3 is 1. The number of ether oxygens (including phenoxy) is 1. The number of aliphatic hydroxyl groups is 2. The summed E-state index contributed by atoms with van der Waals surface area (Å²) in [6, 6.07) is 4.64. The van der Waals surface area contributed by atoms with E-state index < -0.39 is 30.5 Å². The predicted octanol–water partition coefficient (Wildman–Crippen LogP) is -0.736. The number of nitrogens with one attached hydrogen (secondary N) is 1. The third-order valence-electron chi connectivity index (χ3n) is 4.73. The maximum atomic E-state index is 14.7. The number of piperazine rings is 1. The average Bonchev–Trinajstić information content (AvgIpc) is 3.25. The molecule has 1 fully saturated rings. The van der Waals surface area contributed by atoms with E-state index in [-0.39, 0.29) is 6.54 Å². The van der Waals surface area contributed by atoms with E-state index in [0.717, 1.165) is 0 Å². The molecule has 0 spiro atoms. The Labute approximate surface area is 171 Å². The van der Waals surface area contributed by atoms with Gasteiger partial charge < -0.3 is 30.1 Å². The van der Waals surface area contributed by atoms with Crippen LogP contribution in [0.3, 0.4) is 0 Å². The number of nitrogens with zero attached hydrogens (tertiary/aromatic N) is 5. The highest BCUT2D eigenvalue weighted by molar-refractivity contribution is 5.81. The average molecular weight is 422 g/mol. The number of aliphatic hydroxyl groups excluding tert-OH is 2. The van der Waals surface area contributed by atoms with Gasteiger partial charge >= 0.3 is 6.09 Å². The fraction of sp³-hybridized carbons (Fsp3) is 0.444. The summed E-state index contributed by atoms with van der Waals surface area (Å²) in [6.45, 7) is 0.923. The van der Waals surface area contributed by atoms with Crippen LogP contribution in [-0.4, -0.2) is 88.1 Å². The molecule has 0 bridgehead atoms. The molecular formula is C18H23FN6O5. The molecule has 1 unspecified atom stereocenters. The summed E-state index contributed by atoms with van der Waals surface area (Å²) < 4.78 is 20.6. The molecule has 11 nitrogen and oxygen atoms in total. The summed E-state index contributed by atoms with van der Waals surface area (Å²) in [6.07, 6.45) is -0.447. The normalized spacial score (nSPS) is 15.1. The number of carbonyl (C=O) groups excluding carboxylic acids is 2. The maximum Gasteiger partial charge on any atom is 0.407 e. The van der Waals surface area contributed by atoms with Gasteiger partial charge in [-0.1, -0.05) is 5.21 Å². The van der Waals surface area contributed by atoms with Crippen molar-refractivity contribution in [2.24, 2.45) is 0 Å². The Morgan fingerprint density at radius 2 is 2.03 bits per heavy atom. The molecule has 3 N–H and O–H groups in total. The van der Waals surface area contributed by atoms with Crippen LogP contribution in [0.2, 0.25) is 0 Å². The van der Waals surface area contributed by atoms with Gasteiger partial charge in [-0.05, 0) is 12.1 Å². The van der Waals surface area contributed by atoms with Gasteiger partial charge in [-0.3, -0.25) is 4.79 Å². The Hall–Kier alpha value is -3.25. The van der Waals surface area contributed by atoms with Crippen molar-refractivity contribution in [1.82, 2.24) is 25.2 Å². The highest BCUT2D eigenvalue weighted by Gasteiger charge is 2.26. The first-order valence-corrected chi connectivity index (χ1v) is 9.28. The lowest BCUT2D eigenvalue weighted by Gasteiger charge is -2.36. The lowest BCUT2D eigenvalue weighted by Crippen LogP contribution is -2.52. The molecular weight excluding hydrogens is 399 g/mol. The second kappa shape index (κ2) is 9.50. The summed E-state index contributed by atoms with van der Waals surface area (Å²) >= 11 is 0. The minimum atomic E-state index is -1.43. The third kappa shape index (κ3) is 4.83. The minimum Gasteiger partial charge on any atom is -0.453 e. The van der Waals surface area contributed by atoms with E-state index in [2.05, 4.69) is 20.4 Å². The predicted molar refractivity (Wildman–Crippen MR) is 102 cm³/mol. The smallest absolute Gasteiger partial charge is 0.407 e. The Morgan fingerprint density at radius 1 is 1.30 bits per heavy atom. The molecule has 2 heterocycles. The molecule has 162 valence electrons. The molecule has 0 aliphatic carbocycles. The molecule has 2 amide bonds. The first kappa shape index (κ1) is 21.5. The van der Waals surface area contributed by atoms with Crippen LogP contribution in [-0.2, 0) is 16.1 Å². The standard InChI is InChI=1S/C18H23FN6O5/c1-30-18(29)20-9-12-10-25(22-21-12)13-2-3-15(14(19)8-13)23-4-6-24(7-5-23)17(28)16(27)11-26/h2-3,8,10,16,26-27H,4-7,9,11H2,1H3,(H,20,29). The number of aromatic nitrogens is 3. The quantitative estimate of drug-likeness (QED) is 0.555. The van der Waals surface area contributed by atoms with Gasteiger partial charge in [0.2, 0.25) is 0 Å². The second-order valence-corrected chi connectivity index (χ2v) is 6.65. The van der Waals surface area contributed by atoms with Crippen molar-refractivity contribution in [2.45, 2.75) is 12.6 Å². The van der Waals surface area contributed by atoms with Gasteiger partial charge in [-0.15, -0.1) is 5.10 Å². The van der Waals surface area contributed by atoms with E-state index in [0.29, 0.717) is 43.2 Å². The lowest BCUT2D eigenvalue weighted by molar-refractivity contribution is -0.142.